The molecule has 0 fully saturated rings. The van der Waals surface area contributed by atoms with E-state index in [-0.39, 0.29) is 22.4 Å². The number of rotatable bonds is 0. The summed E-state index contributed by atoms with van der Waals surface area (Å²) in [6, 6.07) is 0. The van der Waals surface area contributed by atoms with Crippen molar-refractivity contribution in [3.8, 4) is 0 Å². The van der Waals surface area contributed by atoms with E-state index in [4.69, 9.17) is 10.0 Å². The van der Waals surface area contributed by atoms with Crippen LogP contribution in [-0.4, -0.2) is 6.53 Å². The average molecular weight is 186 g/mol. The molecule has 0 rings (SSSR count). The second-order valence-electron chi connectivity index (χ2n) is 0.274. The molecule has 0 aromatic carbocycles. The van der Waals surface area contributed by atoms with E-state index in [0.29, 0.717) is 0 Å². The van der Waals surface area contributed by atoms with Gasteiger partial charge in [-0.15, -0.1) is 0 Å². The third kappa shape index (κ3) is 44.2. The summed E-state index contributed by atoms with van der Waals surface area (Å²) in [5.41, 5.74) is 0. The summed E-state index contributed by atoms with van der Waals surface area (Å²) in [5.74, 6) is 0. The van der Waals surface area contributed by atoms with Crippen LogP contribution < -0.4 is 10.0 Å². The molecule has 1 radical (unpaired) electrons. The summed E-state index contributed by atoms with van der Waals surface area (Å²) >= 11 is 4.16. The molecule has 5 heteroatoms. The topological polar surface area (TPSA) is 46.1 Å². The van der Waals surface area contributed by atoms with Crippen LogP contribution in [-0.2, 0) is 22.4 Å². The zero-order valence-corrected chi connectivity index (χ0v) is 4.31. The van der Waals surface area contributed by atoms with Crippen molar-refractivity contribution in [1.82, 2.24) is 0 Å². The van der Waals surface area contributed by atoms with Gasteiger partial charge in [0.05, 0.1) is 0 Å². The summed E-state index contributed by atoms with van der Waals surface area (Å²) in [6.45, 7) is -2.19. The van der Waals surface area contributed by atoms with Gasteiger partial charge in [0, 0.05) is 6.53 Å². The van der Waals surface area contributed by atoms with E-state index in [0.717, 1.165) is 0 Å². The van der Waals surface area contributed by atoms with Gasteiger partial charge in [0.2, 0.25) is 0 Å². The Morgan fingerprint density at radius 1 is 1.40 bits per heavy atom. The van der Waals surface area contributed by atoms with Crippen molar-refractivity contribution in [2.45, 2.75) is 0 Å². The van der Waals surface area contributed by atoms with E-state index in [9.17, 15) is 0 Å². The monoisotopic (exact) mass is 185 g/mol. The van der Waals surface area contributed by atoms with Crippen molar-refractivity contribution in [3.05, 3.63) is 0 Å². The molecule has 0 aliphatic rings. The van der Waals surface area contributed by atoms with Crippen LogP contribution in [0, 0.1) is 0 Å². The van der Waals surface area contributed by atoms with E-state index in [1.807, 2.05) is 0 Å². The van der Waals surface area contributed by atoms with Crippen molar-refractivity contribution >= 4 is 18.0 Å². The molecule has 0 aromatic rings. The minimum absolute atomic E-state index is 0. The maximum atomic E-state index is 8.74. The summed E-state index contributed by atoms with van der Waals surface area (Å²) < 4.78 is 0. The minimum Gasteiger partial charge on any atom is -0.881 e. The molecule has 0 saturated heterocycles. The third-order valence-corrected chi connectivity index (χ3v) is 0. The molecular weight excluding hydrogens is 186 g/mol. The predicted octanol–water partition coefficient (Wildman–Crippen LogP) is -2.07. The van der Waals surface area contributed by atoms with Gasteiger partial charge in [-0.05, 0) is 0 Å². The van der Waals surface area contributed by atoms with Crippen LogP contribution in [0.25, 0.3) is 0 Å². The molecule has 0 aromatic heterocycles. The van der Waals surface area contributed by atoms with E-state index in [1.54, 1.807) is 0 Å². The fraction of sp³-hybridized carbons (Fsp3) is 0. The Morgan fingerprint density at radius 3 is 1.40 bits per heavy atom. The van der Waals surface area contributed by atoms with Crippen LogP contribution >= 0.6 is 11.5 Å². The first-order chi connectivity index (χ1) is 1.73. The fourth-order valence-corrected chi connectivity index (χ4v) is 0. The van der Waals surface area contributed by atoms with Crippen LogP contribution in [0.5, 0.6) is 0 Å². The van der Waals surface area contributed by atoms with Crippen LogP contribution in [0.1, 0.15) is 0 Å². The number of hydrogen-bond donors (Lipinski definition) is 0. The third-order valence-electron chi connectivity index (χ3n) is 0. The Labute approximate surface area is 50.7 Å². The fourth-order valence-electron chi connectivity index (χ4n) is 0. The van der Waals surface area contributed by atoms with E-state index in [1.165, 1.54) is 0 Å². The van der Waals surface area contributed by atoms with Crippen molar-refractivity contribution in [3.63, 3.8) is 0 Å². The summed E-state index contributed by atoms with van der Waals surface area (Å²) in [7, 11) is 0. The average Bonchev–Trinajstić information content (AvgIpc) is 0.811. The Morgan fingerprint density at radius 2 is 1.40 bits per heavy atom. The molecule has 0 spiro atoms. The van der Waals surface area contributed by atoms with Gasteiger partial charge in [-0.3, -0.25) is 0 Å². The quantitative estimate of drug-likeness (QED) is 0.408. The molecule has 0 unspecified atom stereocenters. The van der Waals surface area contributed by atoms with Crippen LogP contribution in [0.4, 0.5) is 0 Å². The molecule has 0 atom stereocenters. The summed E-state index contributed by atoms with van der Waals surface area (Å²) in [5, 5.41) is 17.5. The first kappa shape index (κ1) is 9.38. The molecule has 33 valence electrons. The summed E-state index contributed by atoms with van der Waals surface area (Å²) in [4.78, 5) is 0. The van der Waals surface area contributed by atoms with Gasteiger partial charge in [-0.1, -0.05) is 0 Å². The Balaban J connectivity index is 0. The molecule has 2 nitrogen and oxygen atoms in total. The van der Waals surface area contributed by atoms with E-state index >= 15 is 0 Å². The minimum atomic E-state index is -2.19. The molecule has 0 N–H and O–H groups in total. The Bertz CT molecular complexity index is 14.4. The zero-order valence-electron chi connectivity index (χ0n) is 2.07. The SMILES string of the molecule is [Ag+2].[O-]B([O-])Cl. The standard InChI is InChI=1S/Ag.BClO2/c;2-1(3)4/q+2;-2. The second kappa shape index (κ2) is 5.02. The molecule has 0 heterocycles. The zero-order chi connectivity index (χ0) is 3.58. The molecular formula is AgBClO2. The maximum Gasteiger partial charge on any atom is 2.00 e. The van der Waals surface area contributed by atoms with Gasteiger partial charge < -0.3 is 10.0 Å². The largest absolute Gasteiger partial charge is 2.00 e. The van der Waals surface area contributed by atoms with E-state index < -0.39 is 6.53 Å². The van der Waals surface area contributed by atoms with Gasteiger partial charge in [0.15, 0.2) is 0 Å². The van der Waals surface area contributed by atoms with Gasteiger partial charge in [-0.2, -0.15) is 0 Å². The normalized spacial score (nSPS) is 5.40. The van der Waals surface area contributed by atoms with Gasteiger partial charge >= 0.3 is 22.4 Å². The summed E-state index contributed by atoms with van der Waals surface area (Å²) in [6.07, 6.45) is 0. The van der Waals surface area contributed by atoms with Gasteiger partial charge in [-0.25, -0.2) is 11.5 Å². The molecule has 0 bridgehead atoms. The van der Waals surface area contributed by atoms with Crippen LogP contribution in [0.3, 0.4) is 0 Å². The van der Waals surface area contributed by atoms with Crippen LogP contribution in [0.2, 0.25) is 0 Å². The molecule has 0 amide bonds. The first-order valence-electron chi connectivity index (χ1n) is 0.690. The molecule has 0 aliphatic carbocycles. The number of halogens is 1. The first-order valence-corrected chi connectivity index (χ1v) is 1.13. The van der Waals surface area contributed by atoms with Crippen molar-refractivity contribution in [2.24, 2.45) is 0 Å². The second-order valence-corrected chi connectivity index (χ2v) is 0.631. The van der Waals surface area contributed by atoms with Crippen molar-refractivity contribution < 1.29 is 32.4 Å². The van der Waals surface area contributed by atoms with E-state index in [2.05, 4.69) is 11.5 Å². The van der Waals surface area contributed by atoms with Gasteiger partial charge in [0.1, 0.15) is 0 Å². The molecule has 0 saturated carbocycles. The smallest absolute Gasteiger partial charge is 0.881 e. The predicted molar refractivity (Wildman–Crippen MR) is 11.6 cm³/mol. The Hall–Kier alpha value is 1.02. The van der Waals surface area contributed by atoms with Gasteiger partial charge in [0.25, 0.3) is 0 Å². The molecule has 0 aliphatic heterocycles. The van der Waals surface area contributed by atoms with Crippen molar-refractivity contribution in [2.75, 3.05) is 0 Å². The maximum absolute atomic E-state index is 8.74. The number of hydrogen-bond acceptors (Lipinski definition) is 2. The Kier molecular flexibility index (Phi) is 9.41. The van der Waals surface area contributed by atoms with Crippen LogP contribution in [0.15, 0.2) is 0 Å². The molecule has 5 heavy (non-hydrogen) atoms. The van der Waals surface area contributed by atoms with Crippen molar-refractivity contribution in [1.29, 1.82) is 0 Å².